The highest BCUT2D eigenvalue weighted by Gasteiger charge is 2.15. The van der Waals surface area contributed by atoms with E-state index in [2.05, 4.69) is 4.98 Å². The third-order valence-corrected chi connectivity index (χ3v) is 2.24. The first kappa shape index (κ1) is 10.4. The van der Waals surface area contributed by atoms with Gasteiger partial charge in [0.2, 0.25) is 0 Å². The van der Waals surface area contributed by atoms with E-state index >= 15 is 0 Å². The molecule has 1 aromatic carbocycles. The minimum absolute atomic E-state index is 0.0469. The van der Waals surface area contributed by atoms with Crippen LogP contribution in [-0.4, -0.2) is 20.6 Å². The fourth-order valence-electron chi connectivity index (χ4n) is 1.52. The second kappa shape index (κ2) is 3.77. The molecule has 1 aromatic heterocycles. The van der Waals surface area contributed by atoms with Crippen molar-refractivity contribution in [1.29, 1.82) is 0 Å². The summed E-state index contributed by atoms with van der Waals surface area (Å²) < 4.78 is 14.4. The average molecular weight is 220 g/mol. The van der Waals surface area contributed by atoms with Gasteiger partial charge in [-0.2, -0.15) is 0 Å². The van der Waals surface area contributed by atoms with E-state index in [-0.39, 0.29) is 5.69 Å². The number of carboxylic acids is 1. The number of imidazole rings is 1. The number of hydrogen-bond acceptors (Lipinski definition) is 2. The molecule has 0 spiro atoms. The number of benzene rings is 1. The second-order valence-electron chi connectivity index (χ2n) is 3.33. The molecule has 5 heteroatoms. The molecular formula is C11H9FN2O2. The van der Waals surface area contributed by atoms with E-state index in [1.165, 1.54) is 29.1 Å². The highest BCUT2D eigenvalue weighted by atomic mass is 19.1. The summed E-state index contributed by atoms with van der Waals surface area (Å²) in [6.07, 6.45) is 1.37. The molecule has 0 unspecified atom stereocenters. The van der Waals surface area contributed by atoms with Gasteiger partial charge in [0.05, 0.1) is 11.4 Å². The Morgan fingerprint density at radius 1 is 1.50 bits per heavy atom. The normalized spacial score (nSPS) is 10.4. The first-order valence-electron chi connectivity index (χ1n) is 4.63. The fraction of sp³-hybridized carbons (Fsp3) is 0.0909. The van der Waals surface area contributed by atoms with E-state index in [1.54, 1.807) is 13.0 Å². The Labute approximate surface area is 91.0 Å². The van der Waals surface area contributed by atoms with E-state index in [0.29, 0.717) is 11.4 Å². The molecule has 1 heterocycles. The molecule has 82 valence electrons. The molecule has 0 radical (unpaired) electrons. The van der Waals surface area contributed by atoms with Gasteiger partial charge in [0, 0.05) is 0 Å². The molecule has 0 aliphatic carbocycles. The molecule has 0 aliphatic heterocycles. The summed E-state index contributed by atoms with van der Waals surface area (Å²) in [6.45, 7) is 1.60. The summed E-state index contributed by atoms with van der Waals surface area (Å²) >= 11 is 0. The van der Waals surface area contributed by atoms with Crippen molar-refractivity contribution in [2.24, 2.45) is 0 Å². The maximum atomic E-state index is 13.0. The summed E-state index contributed by atoms with van der Waals surface area (Å²) in [5, 5.41) is 9.01. The van der Waals surface area contributed by atoms with Gasteiger partial charge in [0.15, 0.2) is 5.69 Å². The summed E-state index contributed by atoms with van der Waals surface area (Å²) in [5.74, 6) is -1.50. The predicted molar refractivity (Wildman–Crippen MR) is 55.2 cm³/mol. The topological polar surface area (TPSA) is 55.1 Å². The molecule has 2 rings (SSSR count). The lowest BCUT2D eigenvalue weighted by Gasteiger charge is -2.05. The fourth-order valence-corrected chi connectivity index (χ4v) is 1.52. The smallest absolute Gasteiger partial charge is 0.354 e. The largest absolute Gasteiger partial charge is 0.477 e. The lowest BCUT2D eigenvalue weighted by atomic mass is 10.3. The number of rotatable bonds is 2. The Hall–Kier alpha value is -2.17. The minimum Gasteiger partial charge on any atom is -0.477 e. The van der Waals surface area contributed by atoms with Crippen molar-refractivity contribution >= 4 is 5.97 Å². The average Bonchev–Trinajstić information content (AvgIpc) is 2.60. The number of nitrogens with zero attached hydrogens (tertiary/aromatic N) is 2. The van der Waals surface area contributed by atoms with E-state index in [0.717, 1.165) is 0 Å². The lowest BCUT2D eigenvalue weighted by molar-refractivity contribution is 0.0687. The molecular weight excluding hydrogens is 211 g/mol. The summed E-state index contributed by atoms with van der Waals surface area (Å²) in [7, 11) is 0. The number of aryl methyl sites for hydroxylation is 1. The van der Waals surface area contributed by atoms with E-state index in [1.807, 2.05) is 0 Å². The molecule has 0 fully saturated rings. The van der Waals surface area contributed by atoms with Gasteiger partial charge in [-0.25, -0.2) is 14.2 Å². The van der Waals surface area contributed by atoms with Crippen molar-refractivity contribution in [1.82, 2.24) is 9.55 Å². The van der Waals surface area contributed by atoms with Crippen LogP contribution in [-0.2, 0) is 0 Å². The quantitative estimate of drug-likeness (QED) is 0.842. The third-order valence-electron chi connectivity index (χ3n) is 2.24. The first-order valence-corrected chi connectivity index (χ1v) is 4.63. The van der Waals surface area contributed by atoms with Crippen molar-refractivity contribution in [2.45, 2.75) is 6.92 Å². The van der Waals surface area contributed by atoms with E-state index < -0.39 is 11.8 Å². The van der Waals surface area contributed by atoms with Crippen molar-refractivity contribution < 1.29 is 14.3 Å². The van der Waals surface area contributed by atoms with E-state index in [4.69, 9.17) is 5.11 Å². The maximum absolute atomic E-state index is 13.0. The van der Waals surface area contributed by atoms with Crippen molar-refractivity contribution in [3.8, 4) is 5.69 Å². The van der Waals surface area contributed by atoms with Gasteiger partial charge < -0.3 is 5.11 Å². The third kappa shape index (κ3) is 1.67. The maximum Gasteiger partial charge on any atom is 0.354 e. The number of hydrogen-bond donors (Lipinski definition) is 1. The van der Waals surface area contributed by atoms with Gasteiger partial charge in [-0.05, 0) is 25.1 Å². The van der Waals surface area contributed by atoms with Crippen molar-refractivity contribution in [3.63, 3.8) is 0 Å². The van der Waals surface area contributed by atoms with Gasteiger partial charge in [0.25, 0.3) is 0 Å². The van der Waals surface area contributed by atoms with Gasteiger partial charge in [-0.15, -0.1) is 0 Å². The minimum atomic E-state index is -1.08. The van der Waals surface area contributed by atoms with Crippen LogP contribution >= 0.6 is 0 Å². The highest BCUT2D eigenvalue weighted by Crippen LogP contribution is 2.15. The summed E-state index contributed by atoms with van der Waals surface area (Å²) in [6, 6.07) is 5.70. The number of aromatic nitrogens is 2. The van der Waals surface area contributed by atoms with Gasteiger partial charge in [-0.3, -0.25) is 4.57 Å². The molecule has 0 amide bonds. The van der Waals surface area contributed by atoms with Crippen molar-refractivity contribution in [2.75, 3.05) is 0 Å². The van der Waals surface area contributed by atoms with Crippen LogP contribution in [0.4, 0.5) is 4.39 Å². The summed E-state index contributed by atoms with van der Waals surface area (Å²) in [5.41, 5.74) is 0.889. The molecule has 0 saturated carbocycles. The van der Waals surface area contributed by atoms with Crippen LogP contribution in [0.1, 0.15) is 16.2 Å². The molecule has 0 aliphatic rings. The Bertz CT molecular complexity index is 549. The Morgan fingerprint density at radius 3 is 2.88 bits per heavy atom. The number of halogens is 1. The SMILES string of the molecule is Cc1ncn(-c2cccc(F)c2)c1C(=O)O. The molecule has 2 aromatic rings. The lowest BCUT2D eigenvalue weighted by Crippen LogP contribution is -2.07. The Balaban J connectivity index is 2.60. The zero-order chi connectivity index (χ0) is 11.7. The molecule has 0 atom stereocenters. The van der Waals surface area contributed by atoms with Gasteiger partial charge in [-0.1, -0.05) is 6.07 Å². The first-order chi connectivity index (χ1) is 7.59. The van der Waals surface area contributed by atoms with Gasteiger partial charge >= 0.3 is 5.97 Å². The molecule has 4 nitrogen and oxygen atoms in total. The van der Waals surface area contributed by atoms with Crippen LogP contribution in [0.2, 0.25) is 0 Å². The Morgan fingerprint density at radius 2 is 2.25 bits per heavy atom. The zero-order valence-electron chi connectivity index (χ0n) is 8.51. The highest BCUT2D eigenvalue weighted by molar-refractivity contribution is 5.87. The standard InChI is InChI=1S/C11H9FN2O2/c1-7-10(11(15)16)14(6-13-7)9-4-2-3-8(12)5-9/h2-6H,1H3,(H,15,16). The number of carbonyl (C=O) groups is 1. The number of carboxylic acid groups (broad SMARTS) is 1. The molecule has 0 saturated heterocycles. The van der Waals surface area contributed by atoms with Crippen LogP contribution in [0.5, 0.6) is 0 Å². The van der Waals surface area contributed by atoms with Crippen LogP contribution < -0.4 is 0 Å². The Kier molecular flexibility index (Phi) is 2.44. The van der Waals surface area contributed by atoms with Crippen LogP contribution in [0.15, 0.2) is 30.6 Å². The molecule has 1 N–H and O–H groups in total. The number of aromatic carboxylic acids is 1. The predicted octanol–water partition coefficient (Wildman–Crippen LogP) is 2.02. The molecule has 16 heavy (non-hydrogen) atoms. The van der Waals surface area contributed by atoms with Crippen molar-refractivity contribution in [3.05, 3.63) is 47.8 Å². The monoisotopic (exact) mass is 220 g/mol. The van der Waals surface area contributed by atoms with Crippen LogP contribution in [0, 0.1) is 12.7 Å². The summed E-state index contributed by atoms with van der Waals surface area (Å²) in [4.78, 5) is 14.9. The molecule has 0 bridgehead atoms. The van der Waals surface area contributed by atoms with E-state index in [9.17, 15) is 9.18 Å². The van der Waals surface area contributed by atoms with Crippen LogP contribution in [0.25, 0.3) is 5.69 Å². The van der Waals surface area contributed by atoms with Gasteiger partial charge in [0.1, 0.15) is 12.1 Å². The zero-order valence-corrected chi connectivity index (χ0v) is 8.51. The second-order valence-corrected chi connectivity index (χ2v) is 3.33. The van der Waals surface area contributed by atoms with Crippen LogP contribution in [0.3, 0.4) is 0 Å².